The van der Waals surface area contributed by atoms with Crippen LogP contribution in [-0.2, 0) is 12.4 Å². The standard InChI is InChI=1S/C36F24N4/c37-13-5(14(38)22(46)11(21(13)45)35(55,56)57)3(1-61)7-31(9-17(41)25(49)29(53)26(50)18(9)42)63-34-8(32(64-33(7)34)10-19(43)27(51)30(54)28(52)20(10)44)4(2-62)6-15(39)23(47)12(36(58,59)60)24(48)16(6)40/b7-3-,8-4-. The number of hydrogen-bond acceptors (Lipinski definition) is 4. The molecule has 2 aliphatic heterocycles. The molecule has 0 amide bonds. The highest BCUT2D eigenvalue weighted by molar-refractivity contribution is 6.30. The molecule has 2 heterocycles. The molecule has 2 aliphatic rings. The summed E-state index contributed by atoms with van der Waals surface area (Å²) in [6, 6.07) is 1.13. The molecule has 332 valence electrons. The fraction of sp³-hybridized carbons (Fsp3) is 0.0556. The monoisotopic (exact) mass is 944 g/mol. The van der Waals surface area contributed by atoms with Crippen molar-refractivity contribution in [2.24, 2.45) is 9.98 Å². The minimum Gasteiger partial charge on any atom is -0.244 e. The highest BCUT2D eigenvalue weighted by Gasteiger charge is 2.49. The lowest BCUT2D eigenvalue weighted by molar-refractivity contribution is -0.144. The SMILES string of the molecule is N#C/C(=C1\C(c2c(F)c(F)c(F)c(F)c2F)=NC2=C1N=C(c1c(F)c(F)c(F)c(F)c1F)/C2=C(\C#N)c1c(F)c(F)c(C(F)(F)F)c(F)c1F)c1c(F)c(F)c(C(F)(F)F)c(F)c1F. The highest BCUT2D eigenvalue weighted by atomic mass is 19.4. The summed E-state index contributed by atoms with van der Waals surface area (Å²) in [5, 5.41) is 20.1. The number of benzene rings is 4. The minimum atomic E-state index is -6.37. The third-order valence-electron chi connectivity index (χ3n) is 8.83. The summed E-state index contributed by atoms with van der Waals surface area (Å²) < 4.78 is 350. The Balaban J connectivity index is 1.94. The summed E-state index contributed by atoms with van der Waals surface area (Å²) in [6.07, 6.45) is -12.7. The molecule has 0 aromatic heterocycles. The summed E-state index contributed by atoms with van der Waals surface area (Å²) in [5.41, 5.74) is -36.0. The molecule has 4 nitrogen and oxygen atoms in total. The van der Waals surface area contributed by atoms with Gasteiger partial charge in [0.25, 0.3) is 0 Å². The van der Waals surface area contributed by atoms with E-state index in [9.17, 15) is 80.8 Å². The predicted octanol–water partition coefficient (Wildman–Crippen LogP) is 11.7. The maximum Gasteiger partial charge on any atom is 0.422 e. The number of allylic oxidation sites excluding steroid dienone is 4. The molecule has 6 rings (SSSR count). The van der Waals surface area contributed by atoms with Crippen LogP contribution in [0.1, 0.15) is 33.4 Å². The molecule has 0 fully saturated rings. The number of alkyl halides is 6. The van der Waals surface area contributed by atoms with E-state index < -0.39 is 196 Å². The normalized spacial score (nSPS) is 15.7. The van der Waals surface area contributed by atoms with Gasteiger partial charge in [0.05, 0.1) is 44.8 Å². The van der Waals surface area contributed by atoms with Gasteiger partial charge in [0.1, 0.15) is 34.7 Å². The molecular formula is C36F24N4. The van der Waals surface area contributed by atoms with E-state index in [0.717, 1.165) is 0 Å². The van der Waals surface area contributed by atoms with Gasteiger partial charge in [0.2, 0.25) is 11.6 Å². The Morgan fingerprint density at radius 1 is 0.328 bits per heavy atom. The van der Waals surface area contributed by atoms with Gasteiger partial charge < -0.3 is 0 Å². The Morgan fingerprint density at radius 3 is 0.750 bits per heavy atom. The zero-order valence-corrected chi connectivity index (χ0v) is 28.9. The van der Waals surface area contributed by atoms with E-state index in [-0.39, 0.29) is 0 Å². The van der Waals surface area contributed by atoms with E-state index >= 15 is 35.1 Å². The van der Waals surface area contributed by atoms with Crippen molar-refractivity contribution in [3.63, 3.8) is 0 Å². The van der Waals surface area contributed by atoms with Crippen LogP contribution in [0.2, 0.25) is 0 Å². The van der Waals surface area contributed by atoms with Gasteiger partial charge in [0.15, 0.2) is 93.1 Å². The second kappa shape index (κ2) is 15.2. The zero-order valence-electron chi connectivity index (χ0n) is 28.9. The number of aliphatic imine (C=N–C) groups is 2. The quantitative estimate of drug-likeness (QED) is 0.0885. The van der Waals surface area contributed by atoms with Crippen molar-refractivity contribution < 1.29 is 105 Å². The summed E-state index contributed by atoms with van der Waals surface area (Å²) >= 11 is 0. The lowest BCUT2D eigenvalue weighted by Gasteiger charge is -2.17. The molecule has 4 aromatic carbocycles. The van der Waals surface area contributed by atoms with E-state index in [1.165, 1.54) is 0 Å². The van der Waals surface area contributed by atoms with Gasteiger partial charge >= 0.3 is 12.4 Å². The van der Waals surface area contributed by atoms with E-state index in [1.807, 2.05) is 0 Å². The van der Waals surface area contributed by atoms with Crippen molar-refractivity contribution in [3.05, 3.63) is 161 Å². The van der Waals surface area contributed by atoms with Crippen LogP contribution in [0.3, 0.4) is 0 Å². The lowest BCUT2D eigenvalue weighted by Crippen LogP contribution is -2.20. The van der Waals surface area contributed by atoms with Gasteiger partial charge in [-0.15, -0.1) is 0 Å². The molecule has 64 heavy (non-hydrogen) atoms. The first-order valence-corrected chi connectivity index (χ1v) is 15.6. The Morgan fingerprint density at radius 2 is 0.547 bits per heavy atom. The van der Waals surface area contributed by atoms with Gasteiger partial charge in [-0.1, -0.05) is 0 Å². The molecule has 0 radical (unpaired) electrons. The molecule has 0 bridgehead atoms. The third-order valence-corrected chi connectivity index (χ3v) is 8.83. The average Bonchev–Trinajstić information content (AvgIpc) is 3.74. The number of nitriles is 2. The van der Waals surface area contributed by atoms with Gasteiger partial charge in [-0.05, 0) is 0 Å². The average molecular weight is 944 g/mol. The molecule has 0 aliphatic carbocycles. The zero-order chi connectivity index (χ0) is 48.3. The van der Waals surface area contributed by atoms with E-state index in [1.54, 1.807) is 0 Å². The van der Waals surface area contributed by atoms with Crippen LogP contribution >= 0.6 is 0 Å². The van der Waals surface area contributed by atoms with Gasteiger partial charge in [-0.25, -0.2) is 89.0 Å². The fourth-order valence-corrected chi connectivity index (χ4v) is 6.15. The van der Waals surface area contributed by atoms with Crippen LogP contribution in [0.5, 0.6) is 0 Å². The molecule has 0 saturated carbocycles. The second-order valence-electron chi connectivity index (χ2n) is 12.2. The number of nitrogens with zero attached hydrogens (tertiary/aromatic N) is 4. The van der Waals surface area contributed by atoms with Crippen LogP contribution in [0.15, 0.2) is 32.5 Å². The first-order chi connectivity index (χ1) is 29.5. The van der Waals surface area contributed by atoms with Crippen molar-refractivity contribution in [2.45, 2.75) is 12.4 Å². The Labute approximate surface area is 333 Å². The van der Waals surface area contributed by atoms with Crippen molar-refractivity contribution in [1.29, 1.82) is 10.5 Å². The van der Waals surface area contributed by atoms with Crippen molar-refractivity contribution in [3.8, 4) is 12.1 Å². The molecule has 0 spiro atoms. The summed E-state index contributed by atoms with van der Waals surface area (Å²) in [7, 11) is 0. The third kappa shape index (κ3) is 6.43. The van der Waals surface area contributed by atoms with Gasteiger partial charge in [-0.2, -0.15) is 36.9 Å². The molecular weight excluding hydrogens is 944 g/mol. The largest absolute Gasteiger partial charge is 0.422 e. The Hall–Kier alpha value is -7.26. The maximum absolute atomic E-state index is 15.5. The summed E-state index contributed by atoms with van der Waals surface area (Å²) in [4.78, 5) is 6.24. The van der Waals surface area contributed by atoms with Crippen molar-refractivity contribution in [1.82, 2.24) is 0 Å². The number of halogens is 24. The Bertz CT molecular complexity index is 2790. The minimum absolute atomic E-state index is 0.563. The molecule has 0 atom stereocenters. The molecule has 0 N–H and O–H groups in total. The Kier molecular flexibility index (Phi) is 11.0. The first kappa shape index (κ1) is 46.2. The fourth-order valence-electron chi connectivity index (χ4n) is 6.15. The second-order valence-corrected chi connectivity index (χ2v) is 12.2. The smallest absolute Gasteiger partial charge is 0.244 e. The number of hydrogen-bond donors (Lipinski definition) is 0. The van der Waals surface area contributed by atoms with Crippen LogP contribution in [0.4, 0.5) is 105 Å². The van der Waals surface area contributed by atoms with Crippen LogP contribution in [0.25, 0.3) is 11.1 Å². The van der Waals surface area contributed by atoms with Crippen LogP contribution < -0.4 is 0 Å². The molecule has 0 saturated heterocycles. The van der Waals surface area contributed by atoms with Crippen LogP contribution in [0, 0.1) is 127 Å². The van der Waals surface area contributed by atoms with Crippen molar-refractivity contribution >= 4 is 22.6 Å². The number of rotatable bonds is 4. The van der Waals surface area contributed by atoms with Gasteiger partial charge in [0, 0.05) is 11.1 Å². The highest BCUT2D eigenvalue weighted by Crippen LogP contribution is 2.50. The van der Waals surface area contributed by atoms with E-state index in [2.05, 4.69) is 9.98 Å². The maximum atomic E-state index is 15.5. The predicted molar refractivity (Wildman–Crippen MR) is 160 cm³/mol. The molecule has 0 unspecified atom stereocenters. The summed E-state index contributed by atoms with van der Waals surface area (Å²) in [6.45, 7) is 0. The van der Waals surface area contributed by atoms with Crippen LogP contribution in [-0.4, -0.2) is 11.4 Å². The van der Waals surface area contributed by atoms with E-state index in [0.29, 0.717) is 12.1 Å². The summed E-state index contributed by atoms with van der Waals surface area (Å²) in [5.74, 6) is -58.2. The molecule has 4 aromatic rings. The molecule has 28 heteroatoms. The first-order valence-electron chi connectivity index (χ1n) is 15.6. The lowest BCUT2D eigenvalue weighted by atomic mass is 9.89. The topological polar surface area (TPSA) is 72.3 Å². The van der Waals surface area contributed by atoms with Crippen molar-refractivity contribution in [2.75, 3.05) is 0 Å². The van der Waals surface area contributed by atoms with Gasteiger partial charge in [-0.3, -0.25) is 0 Å². The van der Waals surface area contributed by atoms with E-state index in [4.69, 9.17) is 0 Å².